The van der Waals surface area contributed by atoms with Gasteiger partial charge < -0.3 is 20.1 Å². The lowest BCUT2D eigenvalue weighted by molar-refractivity contribution is -0.123. The fourth-order valence-electron chi connectivity index (χ4n) is 2.64. The topological polar surface area (TPSA) is 76.7 Å². The first kappa shape index (κ1) is 21.3. The van der Waals surface area contributed by atoms with E-state index in [0.29, 0.717) is 36.1 Å². The van der Waals surface area contributed by atoms with Gasteiger partial charge >= 0.3 is 0 Å². The first-order valence-electron chi connectivity index (χ1n) is 9.39. The number of carbonyl (C=O) groups excluding carboxylic acids is 2. The zero-order chi connectivity index (χ0) is 20.5. The molecule has 0 aliphatic carbocycles. The maximum Gasteiger partial charge on any atom is 0.257 e. The number of benzene rings is 2. The Morgan fingerprint density at radius 3 is 2.32 bits per heavy atom. The highest BCUT2D eigenvalue weighted by Gasteiger charge is 2.10. The van der Waals surface area contributed by atoms with Gasteiger partial charge in [0.1, 0.15) is 0 Å². The van der Waals surface area contributed by atoms with Crippen molar-refractivity contribution in [1.29, 1.82) is 0 Å². The molecule has 0 aliphatic rings. The van der Waals surface area contributed by atoms with E-state index in [9.17, 15) is 9.59 Å². The molecule has 0 saturated carbocycles. The van der Waals surface area contributed by atoms with Gasteiger partial charge in [-0.2, -0.15) is 0 Å². The van der Waals surface area contributed by atoms with Gasteiger partial charge in [-0.3, -0.25) is 9.59 Å². The van der Waals surface area contributed by atoms with Crippen LogP contribution in [-0.4, -0.2) is 32.1 Å². The summed E-state index contributed by atoms with van der Waals surface area (Å²) in [7, 11) is 1.53. The molecule has 2 amide bonds. The Morgan fingerprint density at radius 1 is 1.00 bits per heavy atom. The molecule has 0 aromatic heterocycles. The molecule has 6 heteroatoms. The highest BCUT2D eigenvalue weighted by Crippen LogP contribution is 2.28. The van der Waals surface area contributed by atoms with Crippen LogP contribution in [0.4, 0.5) is 0 Å². The maximum absolute atomic E-state index is 12.3. The third-order valence-electron chi connectivity index (χ3n) is 4.25. The summed E-state index contributed by atoms with van der Waals surface area (Å²) in [6.45, 7) is 6.92. The van der Waals surface area contributed by atoms with Gasteiger partial charge in [0.15, 0.2) is 18.1 Å². The standard InChI is InChI=1S/C22H28N2O4/c1-5-23-21(25)14-28-19-11-6-16(12-20(19)27-4)13-24-22(26)18-9-7-17(8-10-18)15(2)3/h6-12,15H,5,13-14H2,1-4H3,(H,23,25)(H,24,26). The quantitative estimate of drug-likeness (QED) is 0.696. The number of methoxy groups -OCH3 is 1. The van der Waals surface area contributed by atoms with Crippen molar-refractivity contribution in [3.05, 3.63) is 59.2 Å². The molecule has 0 radical (unpaired) electrons. The van der Waals surface area contributed by atoms with Crippen LogP contribution in [0.2, 0.25) is 0 Å². The van der Waals surface area contributed by atoms with Gasteiger partial charge in [0.2, 0.25) is 0 Å². The largest absolute Gasteiger partial charge is 0.493 e. The van der Waals surface area contributed by atoms with E-state index in [1.165, 1.54) is 12.7 Å². The number of amides is 2. The van der Waals surface area contributed by atoms with Gasteiger partial charge in [-0.25, -0.2) is 0 Å². The van der Waals surface area contributed by atoms with Crippen LogP contribution in [0.25, 0.3) is 0 Å². The summed E-state index contributed by atoms with van der Waals surface area (Å²) in [4.78, 5) is 23.9. The second-order valence-electron chi connectivity index (χ2n) is 6.69. The zero-order valence-corrected chi connectivity index (χ0v) is 16.9. The Balaban J connectivity index is 1.96. The maximum atomic E-state index is 12.3. The van der Waals surface area contributed by atoms with E-state index in [4.69, 9.17) is 9.47 Å². The molecule has 6 nitrogen and oxygen atoms in total. The van der Waals surface area contributed by atoms with Crippen molar-refractivity contribution in [2.45, 2.75) is 33.2 Å². The van der Waals surface area contributed by atoms with E-state index in [1.807, 2.05) is 37.3 Å². The fourth-order valence-corrected chi connectivity index (χ4v) is 2.64. The number of ether oxygens (including phenoxy) is 2. The second kappa shape index (κ2) is 10.3. The van der Waals surface area contributed by atoms with E-state index >= 15 is 0 Å². The normalized spacial score (nSPS) is 10.5. The van der Waals surface area contributed by atoms with Crippen LogP contribution in [0.15, 0.2) is 42.5 Å². The molecule has 0 bridgehead atoms. The van der Waals surface area contributed by atoms with Gasteiger partial charge in [-0.05, 0) is 48.2 Å². The Bertz CT molecular complexity index is 801. The number of likely N-dealkylation sites (N-methyl/N-ethyl adjacent to an activating group) is 1. The summed E-state index contributed by atoms with van der Waals surface area (Å²) >= 11 is 0. The summed E-state index contributed by atoms with van der Waals surface area (Å²) in [6.07, 6.45) is 0. The highest BCUT2D eigenvalue weighted by molar-refractivity contribution is 5.94. The van der Waals surface area contributed by atoms with Crippen molar-refractivity contribution in [2.24, 2.45) is 0 Å². The predicted octanol–water partition coefficient (Wildman–Crippen LogP) is 3.26. The lowest BCUT2D eigenvalue weighted by atomic mass is 10.0. The minimum absolute atomic E-state index is 0.0767. The molecule has 150 valence electrons. The third kappa shape index (κ3) is 6.01. The SMILES string of the molecule is CCNC(=O)COc1ccc(CNC(=O)c2ccc(C(C)C)cc2)cc1OC. The molecule has 0 atom stereocenters. The molecule has 2 aromatic carbocycles. The number of hydrogen-bond donors (Lipinski definition) is 2. The first-order chi connectivity index (χ1) is 13.4. The average molecular weight is 384 g/mol. The number of hydrogen-bond acceptors (Lipinski definition) is 4. The molecule has 0 spiro atoms. The molecular formula is C22H28N2O4. The van der Waals surface area contributed by atoms with Crippen LogP contribution in [0, 0.1) is 0 Å². The minimum atomic E-state index is -0.190. The molecule has 2 aromatic rings. The Hall–Kier alpha value is -3.02. The molecule has 0 saturated heterocycles. The fraction of sp³-hybridized carbons (Fsp3) is 0.364. The van der Waals surface area contributed by atoms with Crippen LogP contribution in [0.5, 0.6) is 11.5 Å². The van der Waals surface area contributed by atoms with E-state index in [-0.39, 0.29) is 18.4 Å². The lowest BCUT2D eigenvalue weighted by Crippen LogP contribution is -2.28. The Morgan fingerprint density at radius 2 is 1.71 bits per heavy atom. The average Bonchev–Trinajstić information content (AvgIpc) is 2.70. The molecule has 2 N–H and O–H groups in total. The summed E-state index contributed by atoms with van der Waals surface area (Å²) < 4.78 is 10.8. The second-order valence-corrected chi connectivity index (χ2v) is 6.69. The lowest BCUT2D eigenvalue weighted by Gasteiger charge is -2.13. The van der Waals surface area contributed by atoms with Gasteiger partial charge in [0.05, 0.1) is 7.11 Å². The van der Waals surface area contributed by atoms with E-state index < -0.39 is 0 Å². The van der Waals surface area contributed by atoms with Crippen molar-refractivity contribution in [2.75, 3.05) is 20.3 Å². The van der Waals surface area contributed by atoms with E-state index in [1.54, 1.807) is 12.1 Å². The van der Waals surface area contributed by atoms with Gasteiger partial charge in [0.25, 0.3) is 11.8 Å². The molecule has 28 heavy (non-hydrogen) atoms. The monoisotopic (exact) mass is 384 g/mol. The summed E-state index contributed by atoms with van der Waals surface area (Å²) in [6, 6.07) is 13.0. The van der Waals surface area contributed by atoms with Crippen LogP contribution in [-0.2, 0) is 11.3 Å². The third-order valence-corrected chi connectivity index (χ3v) is 4.25. The smallest absolute Gasteiger partial charge is 0.257 e. The molecule has 0 heterocycles. The Labute approximate surface area is 166 Å². The van der Waals surface area contributed by atoms with Gasteiger partial charge in [0, 0.05) is 18.7 Å². The van der Waals surface area contributed by atoms with E-state index in [2.05, 4.69) is 24.5 Å². The van der Waals surface area contributed by atoms with E-state index in [0.717, 1.165) is 5.56 Å². The van der Waals surface area contributed by atoms with Crippen molar-refractivity contribution >= 4 is 11.8 Å². The number of rotatable bonds is 9. The zero-order valence-electron chi connectivity index (χ0n) is 16.9. The van der Waals surface area contributed by atoms with Crippen LogP contribution >= 0.6 is 0 Å². The minimum Gasteiger partial charge on any atom is -0.493 e. The highest BCUT2D eigenvalue weighted by atomic mass is 16.5. The van der Waals surface area contributed by atoms with Gasteiger partial charge in [-0.15, -0.1) is 0 Å². The first-order valence-corrected chi connectivity index (χ1v) is 9.39. The van der Waals surface area contributed by atoms with Crippen LogP contribution < -0.4 is 20.1 Å². The molecule has 2 rings (SSSR count). The summed E-state index contributed by atoms with van der Waals surface area (Å²) in [5.74, 6) is 1.10. The van der Waals surface area contributed by atoms with Gasteiger partial charge in [-0.1, -0.05) is 32.0 Å². The number of carbonyl (C=O) groups is 2. The molecule has 0 unspecified atom stereocenters. The van der Waals surface area contributed by atoms with Crippen LogP contribution in [0.1, 0.15) is 48.2 Å². The van der Waals surface area contributed by atoms with Crippen LogP contribution in [0.3, 0.4) is 0 Å². The van der Waals surface area contributed by atoms with Crippen molar-refractivity contribution in [1.82, 2.24) is 10.6 Å². The Kier molecular flexibility index (Phi) is 7.87. The van der Waals surface area contributed by atoms with Crippen molar-refractivity contribution in [3.8, 4) is 11.5 Å². The van der Waals surface area contributed by atoms with Crippen molar-refractivity contribution in [3.63, 3.8) is 0 Å². The summed E-state index contributed by atoms with van der Waals surface area (Å²) in [5, 5.41) is 5.57. The molecule has 0 fully saturated rings. The number of nitrogens with one attached hydrogen (secondary N) is 2. The van der Waals surface area contributed by atoms with Crippen molar-refractivity contribution < 1.29 is 19.1 Å². The molecule has 0 aliphatic heterocycles. The predicted molar refractivity (Wildman–Crippen MR) is 109 cm³/mol. The molecular weight excluding hydrogens is 356 g/mol. The summed E-state index contributed by atoms with van der Waals surface area (Å²) in [5.41, 5.74) is 2.69.